The van der Waals surface area contributed by atoms with Crippen molar-refractivity contribution in [1.82, 2.24) is 0 Å². The second-order valence-corrected chi connectivity index (χ2v) is 3.43. The van der Waals surface area contributed by atoms with Crippen LogP contribution < -0.4 is 0 Å². The molecule has 1 aliphatic rings. The second kappa shape index (κ2) is 5.01. The lowest BCUT2D eigenvalue weighted by molar-refractivity contribution is -0.771. The van der Waals surface area contributed by atoms with E-state index in [0.29, 0.717) is 12.8 Å². The van der Waals surface area contributed by atoms with Gasteiger partial charge < -0.3 is 9.94 Å². The van der Waals surface area contributed by atoms with Gasteiger partial charge in [-0.1, -0.05) is 25.7 Å². The van der Waals surface area contributed by atoms with Crippen molar-refractivity contribution in [3.63, 3.8) is 0 Å². The maximum Gasteiger partial charge on any atom is 0.294 e. The molecule has 2 atom stereocenters. The summed E-state index contributed by atoms with van der Waals surface area (Å²) < 4.78 is 0. The Balaban J connectivity index is 2.41. The molecule has 0 saturated heterocycles. The van der Waals surface area contributed by atoms with E-state index in [-0.39, 0.29) is 0 Å². The highest BCUT2D eigenvalue weighted by Gasteiger charge is 2.23. The van der Waals surface area contributed by atoms with Gasteiger partial charge in [0, 0.05) is 0 Å². The van der Waals surface area contributed by atoms with Gasteiger partial charge in [0.25, 0.3) is 5.09 Å². The standard InChI is InChI=1S/C8H15NO4/c10-7-5-3-1-2-4-6-8(7)13-9(11)12/h7-8,10H,1-6H2. The normalized spacial score (nSPS) is 30.2. The Bertz CT molecular complexity index is 174. The Morgan fingerprint density at radius 1 is 1.23 bits per heavy atom. The van der Waals surface area contributed by atoms with Gasteiger partial charge in [0.15, 0.2) is 0 Å². The average Bonchev–Trinajstić information content (AvgIpc) is 2.04. The summed E-state index contributed by atoms with van der Waals surface area (Å²) in [5.74, 6) is 0. The fourth-order valence-electron chi connectivity index (χ4n) is 1.66. The van der Waals surface area contributed by atoms with E-state index in [1.807, 2.05) is 0 Å². The van der Waals surface area contributed by atoms with Crippen molar-refractivity contribution < 1.29 is 15.0 Å². The van der Waals surface area contributed by atoms with Gasteiger partial charge in [-0.25, -0.2) is 0 Å². The quantitative estimate of drug-likeness (QED) is 0.524. The molecular weight excluding hydrogens is 174 g/mol. The van der Waals surface area contributed by atoms with Crippen LogP contribution in [0.25, 0.3) is 0 Å². The van der Waals surface area contributed by atoms with Gasteiger partial charge in [-0.05, 0) is 12.8 Å². The first-order valence-electron chi connectivity index (χ1n) is 4.69. The first kappa shape index (κ1) is 10.2. The molecule has 0 aliphatic heterocycles. The fraction of sp³-hybridized carbons (Fsp3) is 1.00. The summed E-state index contributed by atoms with van der Waals surface area (Å²) in [6.45, 7) is 0. The van der Waals surface area contributed by atoms with Crippen LogP contribution in [0, 0.1) is 10.1 Å². The number of hydrogen-bond donors (Lipinski definition) is 1. The van der Waals surface area contributed by atoms with Crippen molar-refractivity contribution in [3.8, 4) is 0 Å². The number of aliphatic hydroxyl groups excluding tert-OH is 1. The molecule has 5 nitrogen and oxygen atoms in total. The van der Waals surface area contributed by atoms with E-state index in [4.69, 9.17) is 0 Å². The van der Waals surface area contributed by atoms with E-state index < -0.39 is 17.3 Å². The SMILES string of the molecule is O=[N+]([O-])OC1CCCCCCC1O. The zero-order valence-electron chi connectivity index (χ0n) is 7.52. The van der Waals surface area contributed by atoms with Crippen molar-refractivity contribution in [1.29, 1.82) is 0 Å². The Labute approximate surface area is 76.8 Å². The Kier molecular flexibility index (Phi) is 3.95. The Morgan fingerprint density at radius 2 is 1.85 bits per heavy atom. The summed E-state index contributed by atoms with van der Waals surface area (Å²) in [6.07, 6.45) is 3.91. The van der Waals surface area contributed by atoms with Crippen LogP contribution >= 0.6 is 0 Å². The van der Waals surface area contributed by atoms with Crippen molar-refractivity contribution in [2.45, 2.75) is 50.7 Å². The smallest absolute Gasteiger partial charge is 0.294 e. The molecule has 1 rings (SSSR count). The van der Waals surface area contributed by atoms with E-state index >= 15 is 0 Å². The topological polar surface area (TPSA) is 72.6 Å². The minimum absolute atomic E-state index is 0.585. The van der Waals surface area contributed by atoms with Crippen LogP contribution in [0.1, 0.15) is 38.5 Å². The highest BCUT2D eigenvalue weighted by Crippen LogP contribution is 2.19. The third-order valence-corrected chi connectivity index (χ3v) is 2.39. The highest BCUT2D eigenvalue weighted by atomic mass is 17.0. The van der Waals surface area contributed by atoms with Crippen LogP contribution in [0.4, 0.5) is 0 Å². The zero-order valence-corrected chi connectivity index (χ0v) is 7.52. The number of rotatable bonds is 2. The Hall–Kier alpha value is -0.840. The number of nitrogens with zero attached hydrogens (tertiary/aromatic N) is 1. The molecule has 0 amide bonds. The van der Waals surface area contributed by atoms with E-state index in [1.54, 1.807) is 0 Å². The van der Waals surface area contributed by atoms with E-state index in [0.717, 1.165) is 25.7 Å². The summed E-state index contributed by atoms with van der Waals surface area (Å²) in [7, 11) is 0. The van der Waals surface area contributed by atoms with Crippen LogP contribution in [0.2, 0.25) is 0 Å². The molecule has 1 saturated carbocycles. The lowest BCUT2D eigenvalue weighted by Crippen LogP contribution is -2.31. The number of hydrogen-bond acceptors (Lipinski definition) is 4. The largest absolute Gasteiger partial charge is 0.391 e. The summed E-state index contributed by atoms with van der Waals surface area (Å²) in [4.78, 5) is 14.5. The average molecular weight is 189 g/mol. The molecular formula is C8H15NO4. The van der Waals surface area contributed by atoms with Crippen LogP contribution in [0.15, 0.2) is 0 Å². The van der Waals surface area contributed by atoms with Crippen molar-refractivity contribution in [3.05, 3.63) is 10.1 Å². The Morgan fingerprint density at radius 3 is 2.46 bits per heavy atom. The summed E-state index contributed by atoms with van der Waals surface area (Å²) >= 11 is 0. The molecule has 0 aromatic rings. The summed E-state index contributed by atoms with van der Waals surface area (Å²) in [6, 6.07) is 0. The first-order chi connectivity index (χ1) is 6.20. The molecule has 1 fully saturated rings. The molecule has 2 unspecified atom stereocenters. The summed E-state index contributed by atoms with van der Waals surface area (Å²) in [5, 5.41) is 18.8. The van der Waals surface area contributed by atoms with Gasteiger partial charge in [0.1, 0.15) is 6.10 Å². The van der Waals surface area contributed by atoms with Crippen molar-refractivity contribution in [2.24, 2.45) is 0 Å². The molecule has 76 valence electrons. The van der Waals surface area contributed by atoms with Crippen molar-refractivity contribution >= 4 is 0 Å². The van der Waals surface area contributed by atoms with Gasteiger partial charge in [-0.15, -0.1) is 10.1 Å². The predicted molar refractivity (Wildman–Crippen MR) is 45.6 cm³/mol. The fourth-order valence-corrected chi connectivity index (χ4v) is 1.66. The van der Waals surface area contributed by atoms with Crippen LogP contribution in [-0.4, -0.2) is 22.4 Å². The molecule has 0 radical (unpaired) electrons. The van der Waals surface area contributed by atoms with Gasteiger partial charge in [-0.3, -0.25) is 0 Å². The highest BCUT2D eigenvalue weighted by molar-refractivity contribution is 4.70. The summed E-state index contributed by atoms with van der Waals surface area (Å²) in [5.41, 5.74) is 0. The molecule has 1 N–H and O–H groups in total. The minimum atomic E-state index is -0.810. The van der Waals surface area contributed by atoms with Crippen LogP contribution in [-0.2, 0) is 4.84 Å². The molecule has 13 heavy (non-hydrogen) atoms. The predicted octanol–water partition coefficient (Wildman–Crippen LogP) is 1.28. The monoisotopic (exact) mass is 189 g/mol. The van der Waals surface area contributed by atoms with Gasteiger partial charge in [-0.2, -0.15) is 0 Å². The zero-order chi connectivity index (χ0) is 9.68. The molecule has 0 spiro atoms. The van der Waals surface area contributed by atoms with Gasteiger partial charge in [0.05, 0.1) is 6.10 Å². The molecule has 5 heteroatoms. The molecule has 0 aromatic heterocycles. The number of aliphatic hydroxyl groups is 1. The third-order valence-electron chi connectivity index (χ3n) is 2.39. The lowest BCUT2D eigenvalue weighted by atomic mass is 9.96. The van der Waals surface area contributed by atoms with Crippen LogP contribution in [0.5, 0.6) is 0 Å². The molecule has 0 bridgehead atoms. The molecule has 1 aliphatic carbocycles. The minimum Gasteiger partial charge on any atom is -0.391 e. The molecule has 0 aromatic carbocycles. The van der Waals surface area contributed by atoms with Crippen molar-refractivity contribution in [2.75, 3.05) is 0 Å². The van der Waals surface area contributed by atoms with E-state index in [9.17, 15) is 15.2 Å². The van der Waals surface area contributed by atoms with Crippen LogP contribution in [0.3, 0.4) is 0 Å². The van der Waals surface area contributed by atoms with E-state index in [2.05, 4.69) is 4.84 Å². The lowest BCUT2D eigenvalue weighted by Gasteiger charge is -2.22. The first-order valence-corrected chi connectivity index (χ1v) is 4.69. The van der Waals surface area contributed by atoms with Gasteiger partial charge >= 0.3 is 0 Å². The molecule has 0 heterocycles. The van der Waals surface area contributed by atoms with Gasteiger partial charge in [0.2, 0.25) is 0 Å². The van der Waals surface area contributed by atoms with E-state index in [1.165, 1.54) is 0 Å². The maximum atomic E-state index is 10.1. The third kappa shape index (κ3) is 3.59. The maximum absolute atomic E-state index is 10.1. The second-order valence-electron chi connectivity index (χ2n) is 3.43.